The predicted molar refractivity (Wildman–Crippen MR) is 71.0 cm³/mol. The molecule has 1 aliphatic rings. The summed E-state index contributed by atoms with van der Waals surface area (Å²) in [5, 5.41) is 28.6. The van der Waals surface area contributed by atoms with Crippen molar-refractivity contribution in [2.75, 3.05) is 32.8 Å². The van der Waals surface area contributed by atoms with Crippen molar-refractivity contribution in [2.24, 2.45) is 5.92 Å². The molecule has 0 aliphatic carbocycles. The molecular weight excluding hydrogens is 246 g/mol. The molecule has 5 nitrogen and oxygen atoms in total. The number of likely N-dealkylation sites (tertiary alicyclic amines) is 1. The molecule has 1 heterocycles. The Labute approximate surface area is 113 Å². The van der Waals surface area contributed by atoms with E-state index in [1.807, 2.05) is 35.2 Å². The second-order valence-corrected chi connectivity index (χ2v) is 4.92. The van der Waals surface area contributed by atoms with Gasteiger partial charge in [0, 0.05) is 32.2 Å². The summed E-state index contributed by atoms with van der Waals surface area (Å²) >= 11 is 0. The van der Waals surface area contributed by atoms with Crippen LogP contribution in [-0.4, -0.2) is 65.3 Å². The fourth-order valence-corrected chi connectivity index (χ4v) is 2.36. The Balaban J connectivity index is 1.77. The van der Waals surface area contributed by atoms with Gasteiger partial charge in [-0.05, 0) is 12.1 Å². The van der Waals surface area contributed by atoms with E-state index in [9.17, 15) is 15.3 Å². The number of β-amino-alcohol motifs (C(OH)–C–C–N with tert-alkyl or cyclic N) is 1. The van der Waals surface area contributed by atoms with Gasteiger partial charge in [0.15, 0.2) is 0 Å². The van der Waals surface area contributed by atoms with E-state index in [4.69, 9.17) is 4.74 Å². The fourth-order valence-electron chi connectivity index (χ4n) is 2.36. The largest absolute Gasteiger partial charge is 0.492 e. The van der Waals surface area contributed by atoms with Gasteiger partial charge in [0.2, 0.25) is 0 Å². The highest BCUT2D eigenvalue weighted by Crippen LogP contribution is 2.17. The van der Waals surface area contributed by atoms with Crippen molar-refractivity contribution >= 4 is 0 Å². The van der Waals surface area contributed by atoms with Gasteiger partial charge in [0.05, 0.1) is 12.2 Å². The SMILES string of the molecule is OCC1CN(CCOc2ccccc2)CC(O)C1O. The van der Waals surface area contributed by atoms with Crippen LogP contribution in [0.1, 0.15) is 0 Å². The van der Waals surface area contributed by atoms with Crippen LogP contribution in [0.15, 0.2) is 30.3 Å². The molecule has 1 fully saturated rings. The van der Waals surface area contributed by atoms with Crippen molar-refractivity contribution in [3.63, 3.8) is 0 Å². The van der Waals surface area contributed by atoms with Gasteiger partial charge in [0.25, 0.3) is 0 Å². The third kappa shape index (κ3) is 3.91. The van der Waals surface area contributed by atoms with Crippen molar-refractivity contribution in [3.05, 3.63) is 30.3 Å². The summed E-state index contributed by atoms with van der Waals surface area (Å²) in [5.41, 5.74) is 0. The van der Waals surface area contributed by atoms with Crippen molar-refractivity contribution in [1.82, 2.24) is 4.90 Å². The number of aliphatic hydroxyl groups excluding tert-OH is 3. The smallest absolute Gasteiger partial charge is 0.119 e. The Morgan fingerprint density at radius 3 is 2.58 bits per heavy atom. The van der Waals surface area contributed by atoms with Crippen LogP contribution >= 0.6 is 0 Å². The summed E-state index contributed by atoms with van der Waals surface area (Å²) in [4.78, 5) is 2.00. The fraction of sp³-hybridized carbons (Fsp3) is 0.571. The Kier molecular flexibility index (Phi) is 5.15. The summed E-state index contributed by atoms with van der Waals surface area (Å²) in [6.07, 6.45) is -1.64. The molecule has 5 heteroatoms. The zero-order valence-electron chi connectivity index (χ0n) is 10.9. The minimum atomic E-state index is -0.837. The first-order valence-electron chi connectivity index (χ1n) is 6.58. The number of para-hydroxylation sites is 1. The average molecular weight is 267 g/mol. The normalized spacial score (nSPS) is 28.3. The molecular formula is C14H21NO4. The molecule has 3 N–H and O–H groups in total. The van der Waals surface area contributed by atoms with Gasteiger partial charge in [-0.25, -0.2) is 0 Å². The molecule has 3 atom stereocenters. The molecule has 19 heavy (non-hydrogen) atoms. The maximum Gasteiger partial charge on any atom is 0.119 e. The van der Waals surface area contributed by atoms with Gasteiger partial charge in [-0.2, -0.15) is 0 Å². The van der Waals surface area contributed by atoms with Crippen LogP contribution in [0, 0.1) is 5.92 Å². The van der Waals surface area contributed by atoms with Crippen LogP contribution in [0.3, 0.4) is 0 Å². The number of ether oxygens (including phenoxy) is 1. The lowest BCUT2D eigenvalue weighted by Crippen LogP contribution is -2.54. The average Bonchev–Trinajstić information content (AvgIpc) is 2.43. The lowest BCUT2D eigenvalue weighted by molar-refractivity contribution is -0.0874. The number of hydrogen-bond acceptors (Lipinski definition) is 5. The van der Waals surface area contributed by atoms with Gasteiger partial charge < -0.3 is 20.1 Å². The number of benzene rings is 1. The Bertz CT molecular complexity index is 373. The van der Waals surface area contributed by atoms with Crippen LogP contribution in [0.5, 0.6) is 5.75 Å². The summed E-state index contributed by atoms with van der Waals surface area (Å²) in [6, 6.07) is 9.55. The van der Waals surface area contributed by atoms with E-state index < -0.39 is 12.2 Å². The first-order chi connectivity index (χ1) is 9.20. The molecule has 3 unspecified atom stereocenters. The van der Waals surface area contributed by atoms with Crippen molar-refractivity contribution in [2.45, 2.75) is 12.2 Å². The van der Waals surface area contributed by atoms with Gasteiger partial charge in [-0.15, -0.1) is 0 Å². The maximum atomic E-state index is 9.72. The van der Waals surface area contributed by atoms with Gasteiger partial charge in [0.1, 0.15) is 12.4 Å². The first kappa shape index (κ1) is 14.3. The highest BCUT2D eigenvalue weighted by Gasteiger charge is 2.33. The number of piperidine rings is 1. The van der Waals surface area contributed by atoms with Crippen LogP contribution in [0.4, 0.5) is 0 Å². The Hall–Kier alpha value is -1.14. The van der Waals surface area contributed by atoms with E-state index in [1.165, 1.54) is 0 Å². The summed E-state index contributed by atoms with van der Waals surface area (Å²) in [5.74, 6) is 0.527. The van der Waals surface area contributed by atoms with Crippen LogP contribution in [-0.2, 0) is 0 Å². The number of rotatable bonds is 5. The van der Waals surface area contributed by atoms with Crippen molar-refractivity contribution < 1.29 is 20.1 Å². The van der Waals surface area contributed by atoms with Gasteiger partial charge in [-0.1, -0.05) is 18.2 Å². The molecule has 0 saturated carbocycles. The minimum absolute atomic E-state index is 0.117. The topological polar surface area (TPSA) is 73.2 Å². The standard InChI is InChI=1S/C14H21NO4/c16-10-11-8-15(9-13(17)14(11)18)6-7-19-12-4-2-1-3-5-12/h1-5,11,13-14,16-18H,6-10H2. The summed E-state index contributed by atoms with van der Waals surface area (Å²) in [6.45, 7) is 2.05. The molecule has 106 valence electrons. The van der Waals surface area contributed by atoms with Crippen LogP contribution in [0.2, 0.25) is 0 Å². The summed E-state index contributed by atoms with van der Waals surface area (Å²) < 4.78 is 5.59. The molecule has 1 aliphatic heterocycles. The van der Waals surface area contributed by atoms with E-state index in [1.54, 1.807) is 0 Å². The van der Waals surface area contributed by atoms with E-state index in [-0.39, 0.29) is 12.5 Å². The lowest BCUT2D eigenvalue weighted by atomic mass is 9.93. The molecule has 2 rings (SSSR count). The molecule has 0 aromatic heterocycles. The number of nitrogens with zero attached hydrogens (tertiary/aromatic N) is 1. The zero-order valence-corrected chi connectivity index (χ0v) is 10.9. The molecule has 0 bridgehead atoms. The van der Waals surface area contributed by atoms with Crippen LogP contribution in [0.25, 0.3) is 0 Å². The first-order valence-corrected chi connectivity index (χ1v) is 6.58. The quantitative estimate of drug-likeness (QED) is 0.684. The monoisotopic (exact) mass is 267 g/mol. The molecule has 0 radical (unpaired) electrons. The molecule has 1 saturated heterocycles. The van der Waals surface area contributed by atoms with E-state index in [2.05, 4.69) is 0 Å². The highest BCUT2D eigenvalue weighted by atomic mass is 16.5. The zero-order chi connectivity index (χ0) is 13.7. The maximum absolute atomic E-state index is 9.72. The third-order valence-corrected chi connectivity index (χ3v) is 3.47. The van der Waals surface area contributed by atoms with Crippen molar-refractivity contribution in [1.29, 1.82) is 0 Å². The molecule has 1 aromatic carbocycles. The number of aliphatic hydroxyl groups is 3. The Morgan fingerprint density at radius 2 is 1.89 bits per heavy atom. The third-order valence-electron chi connectivity index (χ3n) is 3.47. The Morgan fingerprint density at radius 1 is 1.16 bits per heavy atom. The second-order valence-electron chi connectivity index (χ2n) is 4.92. The number of hydrogen-bond donors (Lipinski definition) is 3. The van der Waals surface area contributed by atoms with E-state index in [0.717, 1.165) is 5.75 Å². The van der Waals surface area contributed by atoms with Gasteiger partial charge >= 0.3 is 0 Å². The molecule has 0 spiro atoms. The predicted octanol–water partition coefficient (Wildman–Crippen LogP) is -0.289. The lowest BCUT2D eigenvalue weighted by Gasteiger charge is -2.38. The summed E-state index contributed by atoms with van der Waals surface area (Å²) in [7, 11) is 0. The second kappa shape index (κ2) is 6.86. The minimum Gasteiger partial charge on any atom is -0.492 e. The van der Waals surface area contributed by atoms with Gasteiger partial charge in [-0.3, -0.25) is 4.90 Å². The van der Waals surface area contributed by atoms with Crippen molar-refractivity contribution in [3.8, 4) is 5.75 Å². The van der Waals surface area contributed by atoms with Crippen LogP contribution < -0.4 is 4.74 Å². The molecule has 0 amide bonds. The van der Waals surface area contributed by atoms with E-state index >= 15 is 0 Å². The van der Waals surface area contributed by atoms with E-state index in [0.29, 0.717) is 26.2 Å². The molecule has 1 aromatic rings. The highest BCUT2D eigenvalue weighted by molar-refractivity contribution is 5.20.